The highest BCUT2D eigenvalue weighted by Crippen LogP contribution is 2.36. The predicted molar refractivity (Wildman–Crippen MR) is 89.8 cm³/mol. The van der Waals surface area contributed by atoms with Crippen LogP contribution in [0.5, 0.6) is 0 Å². The third-order valence-electron chi connectivity index (χ3n) is 5.02. The molecule has 0 unspecified atom stereocenters. The summed E-state index contributed by atoms with van der Waals surface area (Å²) in [5.41, 5.74) is 1.71. The Balaban J connectivity index is 1.72. The molecule has 0 radical (unpaired) electrons. The number of morpholine rings is 1. The summed E-state index contributed by atoms with van der Waals surface area (Å²) in [5.74, 6) is 0. The second-order valence-corrected chi connectivity index (χ2v) is 7.31. The molecule has 120 valence electrons. The van der Waals surface area contributed by atoms with Gasteiger partial charge >= 0.3 is 7.12 Å². The van der Waals surface area contributed by atoms with Crippen molar-refractivity contribution in [1.82, 2.24) is 0 Å². The van der Waals surface area contributed by atoms with Gasteiger partial charge < -0.3 is 18.9 Å². The minimum Gasteiger partial charge on any atom is -0.399 e. The van der Waals surface area contributed by atoms with Crippen LogP contribution in [-0.2, 0) is 14.0 Å². The van der Waals surface area contributed by atoms with Crippen molar-refractivity contribution in [2.24, 2.45) is 0 Å². The van der Waals surface area contributed by atoms with Gasteiger partial charge in [0.15, 0.2) is 0 Å². The number of ether oxygens (including phenoxy) is 1. The van der Waals surface area contributed by atoms with Crippen molar-refractivity contribution in [2.45, 2.75) is 51.9 Å². The van der Waals surface area contributed by atoms with E-state index < -0.39 is 0 Å². The van der Waals surface area contributed by atoms with Crippen LogP contribution in [0.4, 0.5) is 5.69 Å². The van der Waals surface area contributed by atoms with Crippen LogP contribution >= 0.6 is 0 Å². The van der Waals surface area contributed by atoms with E-state index >= 15 is 0 Å². The highest BCUT2D eigenvalue weighted by Gasteiger charge is 2.51. The van der Waals surface area contributed by atoms with Crippen molar-refractivity contribution in [3.63, 3.8) is 0 Å². The lowest BCUT2D eigenvalue weighted by Gasteiger charge is -2.33. The van der Waals surface area contributed by atoms with Gasteiger partial charge in [-0.3, -0.25) is 0 Å². The largest absolute Gasteiger partial charge is 0.494 e. The first-order chi connectivity index (χ1) is 10.3. The van der Waals surface area contributed by atoms with E-state index in [1.54, 1.807) is 0 Å². The molecule has 2 saturated heterocycles. The zero-order valence-electron chi connectivity index (χ0n) is 14.3. The normalized spacial score (nSPS) is 27.2. The molecule has 0 amide bonds. The average Bonchev–Trinajstić information content (AvgIpc) is 2.68. The van der Waals surface area contributed by atoms with Gasteiger partial charge in [0.1, 0.15) is 0 Å². The third-order valence-corrected chi connectivity index (χ3v) is 5.02. The van der Waals surface area contributed by atoms with E-state index in [-0.39, 0.29) is 24.4 Å². The predicted octanol–water partition coefficient (Wildman–Crippen LogP) is 2.21. The molecule has 0 aliphatic carbocycles. The molecule has 4 nitrogen and oxygen atoms in total. The zero-order chi connectivity index (χ0) is 16.0. The Labute approximate surface area is 133 Å². The van der Waals surface area contributed by atoms with E-state index in [9.17, 15) is 0 Å². The molecule has 1 aromatic rings. The molecule has 2 aliphatic heterocycles. The van der Waals surface area contributed by atoms with Gasteiger partial charge in [-0.2, -0.15) is 0 Å². The van der Waals surface area contributed by atoms with Crippen molar-refractivity contribution in [3.8, 4) is 0 Å². The second-order valence-electron chi connectivity index (χ2n) is 7.31. The van der Waals surface area contributed by atoms with Crippen LogP contribution in [0.2, 0.25) is 0 Å². The van der Waals surface area contributed by atoms with E-state index in [4.69, 9.17) is 14.0 Å². The van der Waals surface area contributed by atoms with Gasteiger partial charge in [0.25, 0.3) is 0 Å². The van der Waals surface area contributed by atoms with E-state index in [1.165, 1.54) is 5.69 Å². The monoisotopic (exact) mass is 303 g/mol. The van der Waals surface area contributed by atoms with Crippen LogP contribution in [0.3, 0.4) is 0 Å². The first-order valence-corrected chi connectivity index (χ1v) is 8.11. The summed E-state index contributed by atoms with van der Waals surface area (Å²) in [5, 5.41) is 0. The minimum atomic E-state index is -0.296. The van der Waals surface area contributed by atoms with Crippen LogP contribution < -0.4 is 10.4 Å². The molecule has 0 N–H and O–H groups in total. The summed E-state index contributed by atoms with van der Waals surface area (Å²) in [6.07, 6.45) is 0.288. The van der Waals surface area contributed by atoms with Gasteiger partial charge in [0, 0.05) is 18.8 Å². The summed E-state index contributed by atoms with van der Waals surface area (Å²) < 4.78 is 17.8. The van der Waals surface area contributed by atoms with E-state index in [0.29, 0.717) is 0 Å². The fourth-order valence-electron chi connectivity index (χ4n) is 2.87. The Morgan fingerprint density at radius 3 is 2.18 bits per heavy atom. The summed E-state index contributed by atoms with van der Waals surface area (Å²) >= 11 is 0. The van der Waals surface area contributed by atoms with Gasteiger partial charge in [-0.1, -0.05) is 12.1 Å². The number of hydrogen-bond acceptors (Lipinski definition) is 4. The van der Waals surface area contributed by atoms with Gasteiger partial charge in [0.2, 0.25) is 0 Å². The van der Waals surface area contributed by atoms with Crippen LogP contribution in [0.25, 0.3) is 0 Å². The summed E-state index contributed by atoms with van der Waals surface area (Å²) in [6, 6.07) is 8.52. The second kappa shape index (κ2) is 5.55. The Morgan fingerprint density at radius 2 is 1.64 bits per heavy atom. The van der Waals surface area contributed by atoms with Gasteiger partial charge in [0.05, 0.1) is 23.9 Å². The molecule has 22 heavy (non-hydrogen) atoms. The Hall–Kier alpha value is -1.04. The Morgan fingerprint density at radius 1 is 1.05 bits per heavy atom. The van der Waals surface area contributed by atoms with Crippen LogP contribution in [0, 0.1) is 0 Å². The molecule has 5 heteroatoms. The van der Waals surface area contributed by atoms with Crippen LogP contribution in [0.15, 0.2) is 24.3 Å². The molecule has 3 rings (SSSR count). The lowest BCUT2D eigenvalue weighted by atomic mass is 9.79. The first-order valence-electron chi connectivity index (χ1n) is 8.11. The molecule has 1 atom stereocenters. The minimum absolute atomic E-state index is 0.288. The quantitative estimate of drug-likeness (QED) is 0.784. The molecule has 0 bridgehead atoms. The number of benzene rings is 1. The zero-order valence-corrected chi connectivity index (χ0v) is 14.3. The van der Waals surface area contributed by atoms with Crippen molar-refractivity contribution in [2.75, 3.05) is 24.6 Å². The fraction of sp³-hybridized carbons (Fsp3) is 0.647. The maximum Gasteiger partial charge on any atom is 0.494 e. The van der Waals surface area contributed by atoms with Gasteiger partial charge in [-0.05, 0) is 52.2 Å². The number of anilines is 1. The molecule has 2 fully saturated rings. The van der Waals surface area contributed by atoms with Gasteiger partial charge in [-0.25, -0.2) is 0 Å². The van der Waals surface area contributed by atoms with E-state index in [2.05, 4.69) is 63.8 Å². The lowest BCUT2D eigenvalue weighted by Crippen LogP contribution is -2.41. The summed E-state index contributed by atoms with van der Waals surface area (Å²) in [7, 11) is -0.289. The summed E-state index contributed by atoms with van der Waals surface area (Å²) in [6.45, 7) is 13.1. The highest BCUT2D eigenvalue weighted by molar-refractivity contribution is 6.62. The first kappa shape index (κ1) is 15.8. The highest BCUT2D eigenvalue weighted by atomic mass is 16.7. The average molecular weight is 303 g/mol. The molecule has 1 aromatic carbocycles. The standard InChI is InChI=1S/C17H26BNO3/c1-13-12-19(10-11-20-13)15-8-6-14(7-9-15)18-21-16(2,3)17(4,5)22-18/h6-9,13H,10-12H2,1-5H3/t13-/m1/s1. The van der Waals surface area contributed by atoms with Gasteiger partial charge in [-0.15, -0.1) is 0 Å². The van der Waals surface area contributed by atoms with Crippen molar-refractivity contribution in [3.05, 3.63) is 24.3 Å². The molecule has 2 aliphatic rings. The van der Waals surface area contributed by atoms with Crippen LogP contribution in [0.1, 0.15) is 34.6 Å². The number of rotatable bonds is 2. The summed E-state index contributed by atoms with van der Waals surface area (Å²) in [4.78, 5) is 2.36. The fourth-order valence-corrected chi connectivity index (χ4v) is 2.87. The van der Waals surface area contributed by atoms with E-state index in [1.807, 2.05) is 0 Å². The third kappa shape index (κ3) is 2.90. The maximum absolute atomic E-state index is 6.10. The molecule has 0 saturated carbocycles. The molecule has 0 spiro atoms. The lowest BCUT2D eigenvalue weighted by molar-refractivity contribution is 0.00578. The molecular weight excluding hydrogens is 277 g/mol. The molecule has 0 aromatic heterocycles. The van der Waals surface area contributed by atoms with Crippen molar-refractivity contribution >= 4 is 18.3 Å². The number of nitrogens with zero attached hydrogens (tertiary/aromatic N) is 1. The molecular formula is C17H26BNO3. The van der Waals surface area contributed by atoms with Crippen molar-refractivity contribution < 1.29 is 14.0 Å². The maximum atomic E-state index is 6.10. The van der Waals surface area contributed by atoms with Crippen molar-refractivity contribution in [1.29, 1.82) is 0 Å². The van der Waals surface area contributed by atoms with E-state index in [0.717, 1.165) is 25.2 Å². The molecule has 2 heterocycles. The smallest absolute Gasteiger partial charge is 0.399 e. The SMILES string of the molecule is C[C@@H]1CN(c2ccc(B3OC(C)(C)C(C)(C)O3)cc2)CCO1. The Bertz CT molecular complexity index is 513. The Kier molecular flexibility index (Phi) is 4.00. The number of hydrogen-bond donors (Lipinski definition) is 0. The van der Waals surface area contributed by atoms with Crippen LogP contribution in [-0.4, -0.2) is 44.1 Å². The topological polar surface area (TPSA) is 30.9 Å².